The Balaban J connectivity index is 1.10. The van der Waals surface area contributed by atoms with Crippen LogP contribution in [0.3, 0.4) is 0 Å². The minimum atomic E-state index is -0.556. The van der Waals surface area contributed by atoms with Gasteiger partial charge in [-0.1, -0.05) is 26.0 Å². The zero-order valence-electron chi connectivity index (χ0n) is 22.0. The van der Waals surface area contributed by atoms with E-state index in [9.17, 15) is 9.18 Å². The van der Waals surface area contributed by atoms with Crippen LogP contribution in [0.15, 0.2) is 29.2 Å². The van der Waals surface area contributed by atoms with Gasteiger partial charge in [0.1, 0.15) is 6.17 Å². The van der Waals surface area contributed by atoms with Crippen molar-refractivity contribution in [1.82, 2.24) is 10.0 Å². The normalized spacial score (nSPS) is 40.3. The topological polar surface area (TPSA) is 41.1 Å². The Morgan fingerprint density at radius 3 is 2.66 bits per heavy atom. The molecule has 2 N–H and O–H groups in total. The van der Waals surface area contributed by atoms with E-state index in [2.05, 4.69) is 42.9 Å². The molecule has 3 nitrogen and oxygen atoms in total. The number of aryl methyl sites for hydroxylation is 1. The van der Waals surface area contributed by atoms with Crippen LogP contribution >= 0.6 is 11.9 Å². The van der Waals surface area contributed by atoms with Crippen LogP contribution in [-0.2, 0) is 0 Å². The molecular formula is C30H45FN2OS. The van der Waals surface area contributed by atoms with Gasteiger partial charge in [-0.3, -0.25) is 4.72 Å². The summed E-state index contributed by atoms with van der Waals surface area (Å²) in [6.07, 6.45) is 12.6. The number of amides is 2. The van der Waals surface area contributed by atoms with Crippen molar-refractivity contribution in [2.24, 2.45) is 40.4 Å². The molecule has 1 aromatic rings. The average Bonchev–Trinajstić information content (AvgIpc) is 3.17. The summed E-state index contributed by atoms with van der Waals surface area (Å²) in [4.78, 5) is 13.3. The lowest BCUT2D eigenvalue weighted by Gasteiger charge is -2.61. The molecule has 5 heteroatoms. The lowest BCUT2D eigenvalue weighted by Crippen LogP contribution is -2.54. The molecule has 8 atom stereocenters. The highest BCUT2D eigenvalue weighted by Gasteiger charge is 2.60. The maximum absolute atomic E-state index is 14.9. The molecule has 4 saturated carbocycles. The Hall–Kier alpha value is -1.23. The van der Waals surface area contributed by atoms with Gasteiger partial charge >= 0.3 is 6.03 Å². The van der Waals surface area contributed by atoms with E-state index in [1.165, 1.54) is 62.5 Å². The van der Waals surface area contributed by atoms with E-state index in [0.29, 0.717) is 11.3 Å². The van der Waals surface area contributed by atoms with Gasteiger partial charge in [0.15, 0.2) is 0 Å². The smallest absolute Gasteiger partial charge is 0.325 e. The maximum Gasteiger partial charge on any atom is 0.325 e. The number of hydrogen-bond acceptors (Lipinski definition) is 2. The Bertz CT molecular complexity index is 910. The molecule has 0 spiro atoms. The van der Waals surface area contributed by atoms with E-state index in [1.54, 1.807) is 0 Å². The molecule has 5 rings (SSSR count). The Kier molecular flexibility index (Phi) is 7.45. The van der Waals surface area contributed by atoms with Crippen LogP contribution < -0.4 is 10.0 Å². The highest BCUT2D eigenvalue weighted by atomic mass is 32.2. The van der Waals surface area contributed by atoms with E-state index >= 15 is 0 Å². The first-order chi connectivity index (χ1) is 16.8. The Morgan fingerprint density at radius 2 is 1.83 bits per heavy atom. The number of hydrogen-bond donors (Lipinski definition) is 2. The molecule has 0 heterocycles. The summed E-state index contributed by atoms with van der Waals surface area (Å²) in [5, 5.41) is 3.06. The predicted octanol–water partition coefficient (Wildman–Crippen LogP) is 8.08. The van der Waals surface area contributed by atoms with Gasteiger partial charge in [-0.25, -0.2) is 9.18 Å². The zero-order valence-corrected chi connectivity index (χ0v) is 22.8. The average molecular weight is 501 g/mol. The van der Waals surface area contributed by atoms with E-state index < -0.39 is 6.17 Å². The van der Waals surface area contributed by atoms with Crippen molar-refractivity contribution in [3.05, 3.63) is 29.8 Å². The largest absolute Gasteiger partial charge is 0.337 e. The SMILES string of the molecule is Cc1cccc(SNC(=O)NCCCC2CCC3C4CCC5C(F)CCC[C@]5(C)C4CC[C@]23C)c1. The molecule has 4 aliphatic carbocycles. The number of fused-ring (bicyclic) bond motifs is 5. The Labute approximate surface area is 216 Å². The third-order valence-corrected chi connectivity index (χ3v) is 11.8. The van der Waals surface area contributed by atoms with E-state index in [1.807, 2.05) is 12.1 Å². The first-order valence-electron chi connectivity index (χ1n) is 14.2. The molecule has 0 aromatic heterocycles. The number of halogens is 1. The first-order valence-corrected chi connectivity index (χ1v) is 15.0. The second-order valence-corrected chi connectivity index (χ2v) is 13.6. The summed E-state index contributed by atoms with van der Waals surface area (Å²) in [6, 6.07) is 8.07. The minimum absolute atomic E-state index is 0.101. The van der Waals surface area contributed by atoms with Crippen LogP contribution in [-0.4, -0.2) is 18.7 Å². The second kappa shape index (κ2) is 10.3. The number of alkyl halides is 1. The van der Waals surface area contributed by atoms with Crippen LogP contribution in [0.1, 0.15) is 90.0 Å². The summed E-state index contributed by atoms with van der Waals surface area (Å²) in [6.45, 7) is 7.84. The molecule has 0 saturated heterocycles. The molecule has 194 valence electrons. The number of carbonyl (C=O) groups excluding carboxylic acids is 1. The van der Waals surface area contributed by atoms with Gasteiger partial charge < -0.3 is 5.32 Å². The molecule has 0 radical (unpaired) electrons. The molecule has 0 aliphatic heterocycles. The molecule has 4 aliphatic rings. The van der Waals surface area contributed by atoms with Gasteiger partial charge in [0.05, 0.1) is 0 Å². The van der Waals surface area contributed by atoms with Crippen molar-refractivity contribution in [3.63, 3.8) is 0 Å². The van der Waals surface area contributed by atoms with Gasteiger partial charge in [-0.05, 0) is 148 Å². The van der Waals surface area contributed by atoms with Crippen molar-refractivity contribution < 1.29 is 9.18 Å². The van der Waals surface area contributed by atoms with Crippen LogP contribution in [0.5, 0.6) is 0 Å². The highest BCUT2D eigenvalue weighted by Crippen LogP contribution is 2.68. The quantitative estimate of drug-likeness (QED) is 0.306. The lowest BCUT2D eigenvalue weighted by molar-refractivity contribution is -0.130. The highest BCUT2D eigenvalue weighted by molar-refractivity contribution is 7.98. The molecule has 0 bridgehead atoms. The van der Waals surface area contributed by atoms with Crippen molar-refractivity contribution in [2.45, 2.75) is 102 Å². The summed E-state index contributed by atoms with van der Waals surface area (Å²) >= 11 is 1.37. The van der Waals surface area contributed by atoms with E-state index in [0.717, 1.165) is 60.8 Å². The number of carbonyl (C=O) groups is 1. The molecular weight excluding hydrogens is 455 g/mol. The fourth-order valence-electron chi connectivity index (χ4n) is 9.28. The fourth-order valence-corrected chi connectivity index (χ4v) is 9.96. The monoisotopic (exact) mass is 500 g/mol. The maximum atomic E-state index is 14.9. The predicted molar refractivity (Wildman–Crippen MR) is 143 cm³/mol. The van der Waals surface area contributed by atoms with E-state index in [4.69, 9.17) is 0 Å². The summed E-state index contributed by atoms with van der Waals surface area (Å²) in [5.41, 5.74) is 1.88. The number of urea groups is 1. The van der Waals surface area contributed by atoms with Crippen LogP contribution in [0.2, 0.25) is 0 Å². The molecule has 35 heavy (non-hydrogen) atoms. The molecule has 6 unspecified atom stereocenters. The van der Waals surface area contributed by atoms with Crippen molar-refractivity contribution in [3.8, 4) is 0 Å². The Morgan fingerprint density at radius 1 is 1.03 bits per heavy atom. The standard InChI is InChI=1S/C30H45FN2OS/c1-20-7-4-9-22(19-20)35-33-28(34)32-18-6-8-21-11-13-24-23-12-14-26-27(31)10-5-16-30(26,3)25(23)15-17-29(21,24)2/h4,7,9,19,21,23-27H,5-6,8,10-18H2,1-3H3,(H2,32,33,34)/t21?,23?,24?,25?,26?,27?,29-,30-/m1/s1. The van der Waals surface area contributed by atoms with Gasteiger partial charge in [-0.2, -0.15) is 0 Å². The molecule has 2 amide bonds. The van der Waals surface area contributed by atoms with Crippen molar-refractivity contribution in [2.75, 3.05) is 6.54 Å². The van der Waals surface area contributed by atoms with E-state index in [-0.39, 0.29) is 11.4 Å². The summed E-state index contributed by atoms with van der Waals surface area (Å²) < 4.78 is 17.8. The van der Waals surface area contributed by atoms with Crippen molar-refractivity contribution >= 4 is 18.0 Å². The van der Waals surface area contributed by atoms with Gasteiger partial charge in [-0.15, -0.1) is 0 Å². The molecule has 1 aromatic carbocycles. The van der Waals surface area contributed by atoms with Gasteiger partial charge in [0, 0.05) is 11.4 Å². The third-order valence-electron chi connectivity index (χ3n) is 11.0. The second-order valence-electron chi connectivity index (χ2n) is 12.7. The fraction of sp³-hybridized carbons (Fsp3) is 0.767. The number of rotatable bonds is 6. The lowest BCUT2D eigenvalue weighted by atomic mass is 9.44. The zero-order chi connectivity index (χ0) is 24.6. The van der Waals surface area contributed by atoms with Gasteiger partial charge in [0.2, 0.25) is 0 Å². The number of benzene rings is 1. The van der Waals surface area contributed by atoms with Crippen LogP contribution in [0.4, 0.5) is 9.18 Å². The first kappa shape index (κ1) is 25.4. The number of nitrogens with one attached hydrogen (secondary N) is 2. The van der Waals surface area contributed by atoms with Gasteiger partial charge in [0.25, 0.3) is 0 Å². The van der Waals surface area contributed by atoms with Crippen molar-refractivity contribution in [1.29, 1.82) is 0 Å². The minimum Gasteiger partial charge on any atom is -0.337 e. The molecule has 4 fully saturated rings. The van der Waals surface area contributed by atoms with Crippen LogP contribution in [0, 0.1) is 47.3 Å². The third kappa shape index (κ3) is 4.88. The summed E-state index contributed by atoms with van der Waals surface area (Å²) in [7, 11) is 0. The summed E-state index contributed by atoms with van der Waals surface area (Å²) in [5.74, 6) is 3.47. The van der Waals surface area contributed by atoms with Crippen LogP contribution in [0.25, 0.3) is 0 Å².